The molecule has 1 aromatic heterocycles. The average Bonchev–Trinajstić information content (AvgIpc) is 3.29. The first-order chi connectivity index (χ1) is 16.7. The minimum absolute atomic E-state index is 0.220. The number of hydrogen-bond acceptors (Lipinski definition) is 7. The number of esters is 1. The van der Waals surface area contributed by atoms with Gasteiger partial charge >= 0.3 is 5.97 Å². The lowest BCUT2D eigenvalue weighted by atomic mass is 9.95. The lowest BCUT2D eigenvalue weighted by Crippen LogP contribution is -2.36. The van der Waals surface area contributed by atoms with Crippen molar-refractivity contribution in [1.82, 2.24) is 10.3 Å². The number of carbonyl (C=O) groups excluding carboxylic acids is 1. The summed E-state index contributed by atoms with van der Waals surface area (Å²) in [6, 6.07) is 12.1. The Bertz CT molecular complexity index is 1280. The molecule has 0 aliphatic carbocycles. The Morgan fingerprint density at radius 2 is 1.91 bits per heavy atom. The smallest absolute Gasteiger partial charge is 0.316 e. The molecule has 3 aromatic rings. The predicted molar refractivity (Wildman–Crippen MR) is 133 cm³/mol. The third-order valence-corrected chi connectivity index (χ3v) is 6.10. The first-order valence-corrected chi connectivity index (χ1v) is 11.9. The van der Waals surface area contributed by atoms with Crippen molar-refractivity contribution < 1.29 is 24.1 Å². The van der Waals surface area contributed by atoms with Gasteiger partial charge in [-0.25, -0.2) is 0 Å². The third-order valence-electron chi connectivity index (χ3n) is 6.10. The predicted octanol–water partition coefficient (Wildman–Crippen LogP) is 3.85. The number of rotatable bonds is 8. The second-order valence-corrected chi connectivity index (χ2v) is 9.76. The standard InChI is InChI=1S/C27H32N2O6/c1-5-19(28-13-12-16-6-9-20-22(14-16)34-15-33-20)25(31)18-7-10-21(35-26(32)27(2,3)4)24-17(18)8-11-23(30)29-24/h6-11,14,19,25,28,31H,5,12-13,15H2,1-4H3,(H,29,30). The van der Waals surface area contributed by atoms with Gasteiger partial charge in [0.15, 0.2) is 17.2 Å². The van der Waals surface area contributed by atoms with Crippen LogP contribution in [0.3, 0.4) is 0 Å². The molecular formula is C27H32N2O6. The molecule has 8 nitrogen and oxygen atoms in total. The second kappa shape index (κ2) is 10.1. The molecule has 3 N–H and O–H groups in total. The van der Waals surface area contributed by atoms with Gasteiger partial charge in [-0.05, 0) is 75.5 Å². The van der Waals surface area contributed by atoms with E-state index in [0.717, 1.165) is 23.5 Å². The number of aromatic nitrogens is 1. The summed E-state index contributed by atoms with van der Waals surface area (Å²) in [5.74, 6) is 1.36. The van der Waals surface area contributed by atoms with Gasteiger partial charge in [0.2, 0.25) is 12.4 Å². The van der Waals surface area contributed by atoms with Gasteiger partial charge in [-0.15, -0.1) is 0 Å². The van der Waals surface area contributed by atoms with Crippen LogP contribution in [0.4, 0.5) is 0 Å². The van der Waals surface area contributed by atoms with Crippen LogP contribution in [0.1, 0.15) is 51.3 Å². The summed E-state index contributed by atoms with van der Waals surface area (Å²) < 4.78 is 16.4. The van der Waals surface area contributed by atoms with Crippen LogP contribution in [-0.4, -0.2) is 35.4 Å². The van der Waals surface area contributed by atoms with Crippen molar-refractivity contribution in [3.05, 3.63) is 63.9 Å². The summed E-state index contributed by atoms with van der Waals surface area (Å²) in [6.07, 6.45) is 0.612. The molecule has 4 rings (SSSR count). The Hall–Kier alpha value is -3.36. The average molecular weight is 481 g/mol. The lowest BCUT2D eigenvalue weighted by Gasteiger charge is -2.25. The van der Waals surface area contributed by atoms with E-state index in [1.165, 1.54) is 6.07 Å². The van der Waals surface area contributed by atoms with E-state index < -0.39 is 17.5 Å². The highest BCUT2D eigenvalue weighted by Gasteiger charge is 2.26. The molecule has 0 bridgehead atoms. The number of H-pyrrole nitrogens is 1. The lowest BCUT2D eigenvalue weighted by molar-refractivity contribution is -0.142. The van der Waals surface area contributed by atoms with E-state index in [-0.39, 0.29) is 24.1 Å². The maximum Gasteiger partial charge on any atom is 0.316 e. The number of fused-ring (bicyclic) bond motifs is 2. The van der Waals surface area contributed by atoms with Crippen LogP contribution in [0, 0.1) is 5.41 Å². The molecule has 0 amide bonds. The first kappa shape index (κ1) is 24.8. The normalized spacial score (nSPS) is 14.7. The van der Waals surface area contributed by atoms with Crippen LogP contribution in [0.25, 0.3) is 10.9 Å². The van der Waals surface area contributed by atoms with Gasteiger partial charge in [-0.3, -0.25) is 9.59 Å². The molecule has 0 spiro atoms. The Labute approximate surface area is 204 Å². The van der Waals surface area contributed by atoms with Crippen LogP contribution < -0.4 is 25.1 Å². The molecule has 2 aromatic carbocycles. The summed E-state index contributed by atoms with van der Waals surface area (Å²) in [7, 11) is 0. The molecule has 2 unspecified atom stereocenters. The topological polar surface area (TPSA) is 110 Å². The van der Waals surface area contributed by atoms with Gasteiger partial charge in [-0.2, -0.15) is 0 Å². The third kappa shape index (κ3) is 5.49. The number of aliphatic hydroxyl groups excluding tert-OH is 1. The van der Waals surface area contributed by atoms with Crippen LogP contribution in [0.15, 0.2) is 47.3 Å². The monoisotopic (exact) mass is 480 g/mol. The summed E-state index contributed by atoms with van der Waals surface area (Å²) in [6.45, 7) is 8.20. The first-order valence-electron chi connectivity index (χ1n) is 11.9. The largest absolute Gasteiger partial charge is 0.454 e. The van der Waals surface area contributed by atoms with Crippen molar-refractivity contribution >= 4 is 16.9 Å². The van der Waals surface area contributed by atoms with Crippen LogP contribution >= 0.6 is 0 Å². The van der Waals surface area contributed by atoms with E-state index in [4.69, 9.17) is 14.2 Å². The fourth-order valence-corrected chi connectivity index (χ4v) is 4.04. The van der Waals surface area contributed by atoms with Crippen molar-refractivity contribution in [3.63, 3.8) is 0 Å². The van der Waals surface area contributed by atoms with Crippen molar-refractivity contribution in [2.45, 2.75) is 52.7 Å². The highest BCUT2D eigenvalue weighted by Crippen LogP contribution is 2.34. The van der Waals surface area contributed by atoms with Gasteiger partial charge in [0.25, 0.3) is 0 Å². The molecule has 1 aliphatic heterocycles. The molecule has 0 radical (unpaired) electrons. The second-order valence-electron chi connectivity index (χ2n) is 9.76. The molecule has 2 atom stereocenters. The zero-order chi connectivity index (χ0) is 25.2. The van der Waals surface area contributed by atoms with E-state index in [0.29, 0.717) is 29.4 Å². The number of hydrogen-bond donors (Lipinski definition) is 3. The van der Waals surface area contributed by atoms with E-state index in [1.54, 1.807) is 39.0 Å². The summed E-state index contributed by atoms with van der Waals surface area (Å²) in [5, 5.41) is 15.4. The molecule has 8 heteroatoms. The van der Waals surface area contributed by atoms with Crippen molar-refractivity contribution in [3.8, 4) is 17.2 Å². The van der Waals surface area contributed by atoms with Gasteiger partial charge in [0.05, 0.1) is 17.0 Å². The summed E-state index contributed by atoms with van der Waals surface area (Å²) >= 11 is 0. The summed E-state index contributed by atoms with van der Waals surface area (Å²) in [5.41, 5.74) is 1.13. The molecule has 0 saturated carbocycles. The van der Waals surface area contributed by atoms with Crippen molar-refractivity contribution in [2.75, 3.05) is 13.3 Å². The SMILES string of the molecule is CCC(NCCc1ccc2c(c1)OCO2)C(O)c1ccc(OC(=O)C(C)(C)C)c2[nH]c(=O)ccc12. The van der Waals surface area contributed by atoms with Crippen molar-refractivity contribution in [2.24, 2.45) is 5.41 Å². The maximum atomic E-state index is 12.4. The zero-order valence-corrected chi connectivity index (χ0v) is 20.5. The van der Waals surface area contributed by atoms with E-state index in [2.05, 4.69) is 10.3 Å². The summed E-state index contributed by atoms with van der Waals surface area (Å²) in [4.78, 5) is 27.3. The highest BCUT2D eigenvalue weighted by atomic mass is 16.7. The van der Waals surface area contributed by atoms with Crippen LogP contribution in [0.5, 0.6) is 17.2 Å². The van der Waals surface area contributed by atoms with Crippen LogP contribution in [0.2, 0.25) is 0 Å². The Kier molecular flexibility index (Phi) is 7.14. The Balaban J connectivity index is 1.52. The number of nitrogens with one attached hydrogen (secondary N) is 2. The molecule has 1 aliphatic rings. The minimum Gasteiger partial charge on any atom is -0.454 e. The zero-order valence-electron chi connectivity index (χ0n) is 20.5. The molecule has 186 valence electrons. The number of carbonyl (C=O) groups is 1. The molecular weight excluding hydrogens is 448 g/mol. The molecule has 35 heavy (non-hydrogen) atoms. The van der Waals surface area contributed by atoms with Gasteiger partial charge < -0.3 is 29.6 Å². The van der Waals surface area contributed by atoms with Gasteiger partial charge in [-0.1, -0.05) is 19.1 Å². The fourth-order valence-electron chi connectivity index (χ4n) is 4.04. The minimum atomic E-state index is -0.836. The number of ether oxygens (including phenoxy) is 3. The highest BCUT2D eigenvalue weighted by molar-refractivity contribution is 5.90. The maximum absolute atomic E-state index is 12.4. The quantitative estimate of drug-likeness (QED) is 0.332. The van der Waals surface area contributed by atoms with Crippen LogP contribution in [-0.2, 0) is 11.2 Å². The number of aromatic amines is 1. The Morgan fingerprint density at radius 1 is 1.14 bits per heavy atom. The number of benzene rings is 2. The fraction of sp³-hybridized carbons (Fsp3) is 0.407. The molecule has 0 fully saturated rings. The number of pyridine rings is 1. The van der Waals surface area contributed by atoms with E-state index >= 15 is 0 Å². The van der Waals surface area contributed by atoms with Gasteiger partial charge in [0.1, 0.15) is 0 Å². The van der Waals surface area contributed by atoms with E-state index in [1.807, 2.05) is 25.1 Å². The molecule has 0 saturated heterocycles. The molecule has 2 heterocycles. The van der Waals surface area contributed by atoms with E-state index in [9.17, 15) is 14.7 Å². The number of aliphatic hydroxyl groups is 1. The van der Waals surface area contributed by atoms with Gasteiger partial charge in [0, 0.05) is 17.5 Å². The van der Waals surface area contributed by atoms with Crippen molar-refractivity contribution in [1.29, 1.82) is 0 Å². The Morgan fingerprint density at radius 3 is 2.66 bits per heavy atom.